The summed E-state index contributed by atoms with van der Waals surface area (Å²) in [6, 6.07) is 8.92. The molecule has 0 spiro atoms. The molecule has 1 unspecified atom stereocenters. The van der Waals surface area contributed by atoms with Gasteiger partial charge < -0.3 is 14.8 Å². The Morgan fingerprint density at radius 1 is 1.24 bits per heavy atom. The summed E-state index contributed by atoms with van der Waals surface area (Å²) in [5.41, 5.74) is 1.24. The second-order valence-corrected chi connectivity index (χ2v) is 4.35. The van der Waals surface area contributed by atoms with Crippen LogP contribution in [0.15, 0.2) is 24.3 Å². The van der Waals surface area contributed by atoms with Crippen LogP contribution in [0.5, 0.6) is 5.75 Å². The van der Waals surface area contributed by atoms with Crippen LogP contribution in [-0.2, 0) is 4.74 Å². The van der Waals surface area contributed by atoms with Gasteiger partial charge in [-0.1, -0.05) is 12.1 Å². The number of rotatable bonds is 7. The number of methoxy groups -OCH3 is 2. The van der Waals surface area contributed by atoms with Crippen molar-refractivity contribution in [2.45, 2.75) is 32.4 Å². The van der Waals surface area contributed by atoms with Gasteiger partial charge in [-0.05, 0) is 38.0 Å². The lowest BCUT2D eigenvalue weighted by atomic mass is 10.1. The molecule has 0 heterocycles. The summed E-state index contributed by atoms with van der Waals surface area (Å²) in [4.78, 5) is 0. The Kier molecular flexibility index (Phi) is 6.01. The van der Waals surface area contributed by atoms with E-state index in [1.54, 1.807) is 14.2 Å². The van der Waals surface area contributed by atoms with Crippen molar-refractivity contribution in [3.8, 4) is 5.75 Å². The maximum Gasteiger partial charge on any atom is 0.119 e. The summed E-state index contributed by atoms with van der Waals surface area (Å²) in [5, 5.41) is 3.55. The average Bonchev–Trinajstić information content (AvgIpc) is 2.36. The largest absolute Gasteiger partial charge is 0.497 e. The first-order chi connectivity index (χ1) is 8.17. The predicted molar refractivity (Wildman–Crippen MR) is 70.5 cm³/mol. The normalized spacial score (nSPS) is 14.4. The second kappa shape index (κ2) is 7.30. The molecule has 1 N–H and O–H groups in total. The van der Waals surface area contributed by atoms with Gasteiger partial charge in [0.2, 0.25) is 0 Å². The molecule has 0 bridgehead atoms. The number of ether oxygens (including phenoxy) is 2. The molecular formula is C14H23NO2. The van der Waals surface area contributed by atoms with Crippen molar-refractivity contribution in [2.24, 2.45) is 0 Å². The third-order valence-corrected chi connectivity index (χ3v) is 2.88. The minimum atomic E-state index is 0.317. The number of nitrogens with one attached hydrogen (secondary N) is 1. The van der Waals surface area contributed by atoms with E-state index in [4.69, 9.17) is 9.47 Å². The lowest BCUT2D eigenvalue weighted by Crippen LogP contribution is -2.29. The third kappa shape index (κ3) is 4.75. The van der Waals surface area contributed by atoms with Crippen LogP contribution in [0.3, 0.4) is 0 Å². The van der Waals surface area contributed by atoms with Crippen molar-refractivity contribution in [1.29, 1.82) is 0 Å². The van der Waals surface area contributed by atoms with Crippen molar-refractivity contribution >= 4 is 0 Å². The summed E-state index contributed by atoms with van der Waals surface area (Å²) in [6.45, 7) is 5.13. The van der Waals surface area contributed by atoms with E-state index in [1.807, 2.05) is 12.1 Å². The highest BCUT2D eigenvalue weighted by Gasteiger charge is 2.09. The Bertz CT molecular complexity index is 328. The van der Waals surface area contributed by atoms with Gasteiger partial charge in [-0.25, -0.2) is 0 Å². The topological polar surface area (TPSA) is 30.5 Å². The van der Waals surface area contributed by atoms with E-state index in [1.165, 1.54) is 5.56 Å². The molecule has 0 radical (unpaired) electrons. The van der Waals surface area contributed by atoms with Gasteiger partial charge in [0.25, 0.3) is 0 Å². The molecule has 2 atom stereocenters. The predicted octanol–water partition coefficient (Wildman–Crippen LogP) is 2.77. The van der Waals surface area contributed by atoms with Gasteiger partial charge in [-0.15, -0.1) is 0 Å². The smallest absolute Gasteiger partial charge is 0.119 e. The van der Waals surface area contributed by atoms with E-state index < -0.39 is 0 Å². The van der Waals surface area contributed by atoms with Crippen LogP contribution in [0, 0.1) is 0 Å². The monoisotopic (exact) mass is 237 g/mol. The van der Waals surface area contributed by atoms with Crippen LogP contribution < -0.4 is 10.1 Å². The van der Waals surface area contributed by atoms with Crippen LogP contribution in [0.1, 0.15) is 31.9 Å². The maximum atomic E-state index is 5.23. The molecule has 1 aromatic rings. The molecule has 0 saturated heterocycles. The van der Waals surface area contributed by atoms with Gasteiger partial charge in [0, 0.05) is 25.8 Å². The zero-order valence-corrected chi connectivity index (χ0v) is 11.2. The zero-order valence-electron chi connectivity index (χ0n) is 11.2. The fourth-order valence-corrected chi connectivity index (χ4v) is 1.81. The Hall–Kier alpha value is -1.06. The Labute approximate surface area is 104 Å². The van der Waals surface area contributed by atoms with E-state index in [0.717, 1.165) is 18.8 Å². The Morgan fingerprint density at radius 3 is 2.65 bits per heavy atom. The molecule has 0 aromatic heterocycles. The van der Waals surface area contributed by atoms with Crippen molar-refractivity contribution < 1.29 is 9.47 Å². The van der Waals surface area contributed by atoms with E-state index in [9.17, 15) is 0 Å². The van der Waals surface area contributed by atoms with Crippen LogP contribution in [0.25, 0.3) is 0 Å². The molecule has 0 aliphatic heterocycles. The molecule has 3 heteroatoms. The SMILES string of the molecule is COCCC(C)N[C@@H](C)c1cccc(OC)c1. The van der Waals surface area contributed by atoms with E-state index in [2.05, 4.69) is 31.3 Å². The van der Waals surface area contributed by atoms with Gasteiger partial charge in [0.05, 0.1) is 7.11 Å². The first kappa shape index (κ1) is 14.0. The van der Waals surface area contributed by atoms with Crippen molar-refractivity contribution in [3.05, 3.63) is 29.8 Å². The van der Waals surface area contributed by atoms with Crippen molar-refractivity contribution in [1.82, 2.24) is 5.32 Å². The highest BCUT2D eigenvalue weighted by molar-refractivity contribution is 5.30. The highest BCUT2D eigenvalue weighted by Crippen LogP contribution is 2.19. The highest BCUT2D eigenvalue weighted by atomic mass is 16.5. The van der Waals surface area contributed by atoms with Gasteiger partial charge in [0.15, 0.2) is 0 Å². The molecule has 0 fully saturated rings. The minimum absolute atomic E-state index is 0.317. The molecule has 1 aromatic carbocycles. The molecule has 3 nitrogen and oxygen atoms in total. The molecule has 0 aliphatic carbocycles. The van der Waals surface area contributed by atoms with E-state index in [-0.39, 0.29) is 0 Å². The van der Waals surface area contributed by atoms with Crippen LogP contribution in [0.2, 0.25) is 0 Å². The van der Waals surface area contributed by atoms with Gasteiger partial charge in [-0.2, -0.15) is 0 Å². The molecule has 96 valence electrons. The molecule has 0 amide bonds. The first-order valence-corrected chi connectivity index (χ1v) is 6.06. The van der Waals surface area contributed by atoms with Gasteiger partial charge in [0.1, 0.15) is 5.75 Å². The van der Waals surface area contributed by atoms with Crippen LogP contribution in [0.4, 0.5) is 0 Å². The molecule has 0 aliphatic rings. The quantitative estimate of drug-likeness (QED) is 0.791. The summed E-state index contributed by atoms with van der Waals surface area (Å²) in [6.07, 6.45) is 1.02. The summed E-state index contributed by atoms with van der Waals surface area (Å²) < 4.78 is 10.3. The fraction of sp³-hybridized carbons (Fsp3) is 0.571. The molecule has 0 saturated carbocycles. The summed E-state index contributed by atoms with van der Waals surface area (Å²) in [7, 11) is 3.43. The van der Waals surface area contributed by atoms with Gasteiger partial charge >= 0.3 is 0 Å². The summed E-state index contributed by atoms with van der Waals surface area (Å²) >= 11 is 0. The zero-order chi connectivity index (χ0) is 12.7. The van der Waals surface area contributed by atoms with Crippen LogP contribution >= 0.6 is 0 Å². The summed E-state index contributed by atoms with van der Waals surface area (Å²) in [5.74, 6) is 0.903. The van der Waals surface area contributed by atoms with Gasteiger partial charge in [-0.3, -0.25) is 0 Å². The number of hydrogen-bond donors (Lipinski definition) is 1. The van der Waals surface area contributed by atoms with Crippen molar-refractivity contribution in [3.63, 3.8) is 0 Å². The number of benzene rings is 1. The third-order valence-electron chi connectivity index (χ3n) is 2.88. The van der Waals surface area contributed by atoms with Crippen LogP contribution in [-0.4, -0.2) is 26.9 Å². The molecule has 1 rings (SSSR count). The average molecular weight is 237 g/mol. The fourth-order valence-electron chi connectivity index (χ4n) is 1.81. The molecule has 17 heavy (non-hydrogen) atoms. The minimum Gasteiger partial charge on any atom is -0.497 e. The lowest BCUT2D eigenvalue weighted by molar-refractivity contribution is 0.183. The van der Waals surface area contributed by atoms with E-state index in [0.29, 0.717) is 12.1 Å². The molecular weight excluding hydrogens is 214 g/mol. The first-order valence-electron chi connectivity index (χ1n) is 6.06. The lowest BCUT2D eigenvalue weighted by Gasteiger charge is -2.20. The Balaban J connectivity index is 2.53. The standard InChI is InChI=1S/C14H23NO2/c1-11(8-9-16-3)15-12(2)13-6-5-7-14(10-13)17-4/h5-7,10-12,15H,8-9H2,1-4H3/t11?,12-/m0/s1. The Morgan fingerprint density at radius 2 is 2.00 bits per heavy atom. The van der Waals surface area contributed by atoms with E-state index >= 15 is 0 Å². The number of hydrogen-bond acceptors (Lipinski definition) is 3. The second-order valence-electron chi connectivity index (χ2n) is 4.35. The van der Waals surface area contributed by atoms with Crippen molar-refractivity contribution in [2.75, 3.05) is 20.8 Å². The maximum absolute atomic E-state index is 5.23.